The molecular weight excluding hydrogens is 302 g/mol. The molecule has 0 N–H and O–H groups in total. The first-order valence-corrected chi connectivity index (χ1v) is 9.19. The van der Waals surface area contributed by atoms with Crippen LogP contribution in [0.3, 0.4) is 0 Å². The lowest BCUT2D eigenvalue weighted by atomic mass is 10.2. The van der Waals surface area contributed by atoms with Gasteiger partial charge in [0.15, 0.2) is 0 Å². The maximum atomic E-state index is 5.88. The molecule has 2 aromatic heterocycles. The molecule has 3 rings (SSSR count). The second kappa shape index (κ2) is 6.96. The molecule has 1 aliphatic heterocycles. The molecular formula is C15H21N3OS2. The van der Waals surface area contributed by atoms with Crippen molar-refractivity contribution in [3.05, 3.63) is 32.2 Å². The highest BCUT2D eigenvalue weighted by atomic mass is 32.1. The highest BCUT2D eigenvalue weighted by molar-refractivity contribution is 7.10. The van der Waals surface area contributed by atoms with Crippen LogP contribution in [-0.2, 0) is 17.7 Å². The van der Waals surface area contributed by atoms with Crippen molar-refractivity contribution in [2.75, 3.05) is 19.7 Å². The maximum Gasteiger partial charge on any atom is 0.123 e. The second-order valence-corrected chi connectivity index (χ2v) is 7.24. The van der Waals surface area contributed by atoms with Gasteiger partial charge in [-0.2, -0.15) is 0 Å². The Hall–Kier alpha value is -0.820. The molecule has 1 fully saturated rings. The van der Waals surface area contributed by atoms with E-state index >= 15 is 0 Å². The van der Waals surface area contributed by atoms with E-state index in [9.17, 15) is 0 Å². The van der Waals surface area contributed by atoms with Crippen molar-refractivity contribution >= 4 is 22.7 Å². The number of nitrogens with zero attached hydrogens (tertiary/aromatic N) is 3. The molecule has 1 atom stereocenters. The van der Waals surface area contributed by atoms with Crippen LogP contribution in [0.2, 0.25) is 0 Å². The summed E-state index contributed by atoms with van der Waals surface area (Å²) in [6.07, 6.45) is 2.37. The third-order valence-corrected chi connectivity index (χ3v) is 5.52. The zero-order chi connectivity index (χ0) is 14.7. The molecule has 2 aromatic rings. The Kier molecular flexibility index (Phi) is 5.00. The summed E-state index contributed by atoms with van der Waals surface area (Å²) < 4.78 is 5.88. The van der Waals surface area contributed by atoms with Crippen LogP contribution in [0.25, 0.3) is 0 Å². The van der Waals surface area contributed by atoms with Crippen LogP contribution in [0.15, 0.2) is 10.8 Å². The summed E-state index contributed by atoms with van der Waals surface area (Å²) >= 11 is 3.48. The van der Waals surface area contributed by atoms with Crippen molar-refractivity contribution in [1.29, 1.82) is 0 Å². The van der Waals surface area contributed by atoms with Crippen LogP contribution in [0.1, 0.15) is 40.9 Å². The molecule has 1 aliphatic rings. The first-order chi connectivity index (χ1) is 10.2. The van der Waals surface area contributed by atoms with E-state index in [2.05, 4.69) is 27.6 Å². The van der Waals surface area contributed by atoms with Gasteiger partial charge in [0, 0.05) is 36.1 Å². The predicted octanol–water partition coefficient (Wildman–Crippen LogP) is 3.43. The molecule has 6 heteroatoms. The van der Waals surface area contributed by atoms with E-state index in [1.54, 1.807) is 22.7 Å². The molecule has 3 heterocycles. The zero-order valence-electron chi connectivity index (χ0n) is 12.5. The molecule has 1 unspecified atom stereocenters. The number of ether oxygens (including phenoxy) is 1. The Morgan fingerprint density at radius 1 is 1.33 bits per heavy atom. The lowest BCUT2D eigenvalue weighted by Crippen LogP contribution is -2.37. The summed E-state index contributed by atoms with van der Waals surface area (Å²) in [5.41, 5.74) is 2.28. The normalized spacial score (nSPS) is 20.0. The Morgan fingerprint density at radius 2 is 2.24 bits per heavy atom. The third kappa shape index (κ3) is 3.88. The van der Waals surface area contributed by atoms with Gasteiger partial charge < -0.3 is 4.74 Å². The minimum absolute atomic E-state index is 0.117. The summed E-state index contributed by atoms with van der Waals surface area (Å²) in [5, 5.41) is 6.65. The SMILES string of the molecule is CCCc1nc(CN2CCOC(c3nc(C)cs3)C2)cs1. The Labute approximate surface area is 133 Å². The van der Waals surface area contributed by atoms with E-state index in [1.807, 2.05) is 6.92 Å². The van der Waals surface area contributed by atoms with Gasteiger partial charge in [0.25, 0.3) is 0 Å². The molecule has 1 saturated heterocycles. The summed E-state index contributed by atoms with van der Waals surface area (Å²) in [6.45, 7) is 7.81. The van der Waals surface area contributed by atoms with Crippen molar-refractivity contribution in [2.24, 2.45) is 0 Å². The molecule has 114 valence electrons. The third-order valence-electron chi connectivity index (χ3n) is 3.51. The lowest BCUT2D eigenvalue weighted by Gasteiger charge is -2.31. The number of hydrogen-bond donors (Lipinski definition) is 0. The molecule has 0 bridgehead atoms. The summed E-state index contributed by atoms with van der Waals surface area (Å²) in [7, 11) is 0. The zero-order valence-corrected chi connectivity index (χ0v) is 14.2. The molecule has 0 saturated carbocycles. The average Bonchev–Trinajstić information content (AvgIpc) is 3.09. The summed E-state index contributed by atoms with van der Waals surface area (Å²) in [6, 6.07) is 0. The number of rotatable bonds is 5. The van der Waals surface area contributed by atoms with E-state index in [0.29, 0.717) is 0 Å². The number of hydrogen-bond acceptors (Lipinski definition) is 6. The Balaban J connectivity index is 1.60. The first-order valence-electron chi connectivity index (χ1n) is 7.44. The average molecular weight is 323 g/mol. The first kappa shape index (κ1) is 15.1. The van der Waals surface area contributed by atoms with Gasteiger partial charge in [0.05, 0.1) is 17.3 Å². The van der Waals surface area contributed by atoms with Crippen LogP contribution in [0.5, 0.6) is 0 Å². The number of thiazole rings is 2. The van der Waals surface area contributed by atoms with Crippen LogP contribution < -0.4 is 0 Å². The fourth-order valence-corrected chi connectivity index (χ4v) is 4.22. The monoisotopic (exact) mass is 323 g/mol. The minimum Gasteiger partial charge on any atom is -0.368 e. The van der Waals surface area contributed by atoms with Crippen molar-refractivity contribution in [1.82, 2.24) is 14.9 Å². The van der Waals surface area contributed by atoms with Gasteiger partial charge in [-0.25, -0.2) is 9.97 Å². The molecule has 0 radical (unpaired) electrons. The smallest absolute Gasteiger partial charge is 0.123 e. The van der Waals surface area contributed by atoms with Crippen molar-refractivity contribution in [3.63, 3.8) is 0 Å². The maximum absolute atomic E-state index is 5.88. The van der Waals surface area contributed by atoms with Crippen LogP contribution in [0.4, 0.5) is 0 Å². The van der Waals surface area contributed by atoms with Crippen molar-refractivity contribution in [2.45, 2.75) is 39.3 Å². The van der Waals surface area contributed by atoms with Crippen LogP contribution >= 0.6 is 22.7 Å². The molecule has 0 aromatic carbocycles. The van der Waals surface area contributed by atoms with E-state index in [-0.39, 0.29) is 6.10 Å². The van der Waals surface area contributed by atoms with E-state index in [1.165, 1.54) is 10.7 Å². The van der Waals surface area contributed by atoms with E-state index in [4.69, 9.17) is 9.72 Å². The fourth-order valence-electron chi connectivity index (χ4n) is 2.49. The predicted molar refractivity (Wildman–Crippen MR) is 86.9 cm³/mol. The van der Waals surface area contributed by atoms with Gasteiger partial charge in [-0.1, -0.05) is 6.92 Å². The van der Waals surface area contributed by atoms with Crippen molar-refractivity contribution < 1.29 is 4.74 Å². The molecule has 0 aliphatic carbocycles. The van der Waals surface area contributed by atoms with Gasteiger partial charge in [-0.05, 0) is 19.8 Å². The van der Waals surface area contributed by atoms with E-state index < -0.39 is 0 Å². The van der Waals surface area contributed by atoms with Crippen LogP contribution in [-0.4, -0.2) is 34.6 Å². The van der Waals surface area contributed by atoms with Gasteiger partial charge in [-0.15, -0.1) is 22.7 Å². The Morgan fingerprint density at radius 3 is 3.00 bits per heavy atom. The highest BCUT2D eigenvalue weighted by Crippen LogP contribution is 2.26. The number of aromatic nitrogens is 2. The number of aryl methyl sites for hydroxylation is 2. The minimum atomic E-state index is 0.117. The quantitative estimate of drug-likeness (QED) is 0.845. The topological polar surface area (TPSA) is 38.2 Å². The molecule has 0 amide bonds. The van der Waals surface area contributed by atoms with Gasteiger partial charge in [0.1, 0.15) is 11.1 Å². The summed E-state index contributed by atoms with van der Waals surface area (Å²) in [4.78, 5) is 11.7. The second-order valence-electron chi connectivity index (χ2n) is 5.40. The van der Waals surface area contributed by atoms with Crippen molar-refractivity contribution in [3.8, 4) is 0 Å². The van der Waals surface area contributed by atoms with Crippen LogP contribution in [0, 0.1) is 6.92 Å². The Bertz CT molecular complexity index is 581. The molecule has 4 nitrogen and oxygen atoms in total. The molecule has 0 spiro atoms. The molecule has 21 heavy (non-hydrogen) atoms. The van der Waals surface area contributed by atoms with Gasteiger partial charge in [0.2, 0.25) is 0 Å². The lowest BCUT2D eigenvalue weighted by molar-refractivity contribution is -0.0333. The highest BCUT2D eigenvalue weighted by Gasteiger charge is 2.24. The van der Waals surface area contributed by atoms with Gasteiger partial charge in [-0.3, -0.25) is 4.90 Å². The van der Waals surface area contributed by atoms with E-state index in [0.717, 1.165) is 49.8 Å². The van der Waals surface area contributed by atoms with Gasteiger partial charge >= 0.3 is 0 Å². The largest absolute Gasteiger partial charge is 0.368 e. The standard InChI is InChI=1S/C15H21N3OS2/c1-3-4-14-17-12(10-20-14)7-18-5-6-19-13(8-18)15-16-11(2)9-21-15/h9-10,13H,3-8H2,1-2H3. The fraction of sp³-hybridized carbons (Fsp3) is 0.600. The number of morpholine rings is 1. The summed E-state index contributed by atoms with van der Waals surface area (Å²) in [5.74, 6) is 0.